The lowest BCUT2D eigenvalue weighted by molar-refractivity contribution is 0.0929. The molecule has 7 heteroatoms. The zero-order valence-electron chi connectivity index (χ0n) is 18.6. The molecule has 4 rings (SSSR count). The third-order valence-electron chi connectivity index (χ3n) is 5.10. The van der Waals surface area contributed by atoms with Gasteiger partial charge in [-0.3, -0.25) is 4.79 Å². The monoisotopic (exact) mass is 474 g/mol. The molecule has 0 aliphatic heterocycles. The second kappa shape index (κ2) is 10.7. The van der Waals surface area contributed by atoms with Crippen LogP contribution in [-0.2, 0) is 13.0 Å². The molecule has 0 spiro atoms. The first kappa shape index (κ1) is 23.1. The minimum absolute atomic E-state index is 0.187. The van der Waals surface area contributed by atoms with Crippen LogP contribution in [0.2, 0.25) is 5.02 Å². The Morgan fingerprint density at radius 2 is 1.91 bits per heavy atom. The smallest absolute Gasteiger partial charge is 0.307 e. The number of hydrazone groups is 1. The zero-order valence-corrected chi connectivity index (χ0v) is 19.3. The normalized spacial score (nSPS) is 11.0. The highest BCUT2D eigenvalue weighted by Gasteiger charge is 2.14. The van der Waals surface area contributed by atoms with Gasteiger partial charge in [0.25, 0.3) is 0 Å². The van der Waals surface area contributed by atoms with Crippen molar-refractivity contribution < 1.29 is 18.7 Å². The first-order valence-corrected chi connectivity index (χ1v) is 11.0. The Morgan fingerprint density at radius 3 is 2.68 bits per heavy atom. The SMILES string of the molecule is C=CCc1cc(/C=N/NC(=O)c2cc3ccccc3o2)cc(OC)c1OCc1ccccc1Cl. The van der Waals surface area contributed by atoms with Crippen molar-refractivity contribution in [3.63, 3.8) is 0 Å². The van der Waals surface area contributed by atoms with Gasteiger partial charge >= 0.3 is 5.91 Å². The van der Waals surface area contributed by atoms with Crippen LogP contribution in [0, 0.1) is 0 Å². The summed E-state index contributed by atoms with van der Waals surface area (Å²) in [6.45, 7) is 4.13. The molecule has 0 saturated carbocycles. The Hall–Kier alpha value is -4.03. The maximum atomic E-state index is 12.4. The number of nitrogens with one attached hydrogen (secondary N) is 1. The number of hydrogen-bond acceptors (Lipinski definition) is 5. The van der Waals surface area contributed by atoms with Gasteiger partial charge in [-0.2, -0.15) is 5.10 Å². The average Bonchev–Trinajstić information content (AvgIpc) is 3.29. The van der Waals surface area contributed by atoms with Crippen LogP contribution < -0.4 is 14.9 Å². The molecule has 172 valence electrons. The van der Waals surface area contributed by atoms with E-state index in [0.717, 1.165) is 22.1 Å². The standard InChI is InChI=1S/C27H23ClN2O4/c1-3-8-20-13-18(14-24(32-2)26(20)33-17-21-10-4-6-11-22(21)28)16-29-30-27(31)25-15-19-9-5-7-12-23(19)34-25/h3-7,9-16H,1,8,17H2,2H3,(H,30,31)/b29-16+. The third-order valence-corrected chi connectivity index (χ3v) is 5.47. The zero-order chi connectivity index (χ0) is 23.9. The number of allylic oxidation sites excluding steroid dienone is 1. The fraction of sp³-hybridized carbons (Fsp3) is 0.111. The summed E-state index contributed by atoms with van der Waals surface area (Å²) >= 11 is 6.25. The number of rotatable bonds is 9. The highest BCUT2D eigenvalue weighted by Crippen LogP contribution is 2.34. The number of benzene rings is 3. The maximum Gasteiger partial charge on any atom is 0.307 e. The van der Waals surface area contributed by atoms with Crippen molar-refractivity contribution in [1.82, 2.24) is 5.43 Å². The average molecular weight is 475 g/mol. The molecule has 6 nitrogen and oxygen atoms in total. The van der Waals surface area contributed by atoms with Gasteiger partial charge in [0, 0.05) is 21.5 Å². The van der Waals surface area contributed by atoms with E-state index in [0.29, 0.717) is 35.1 Å². The van der Waals surface area contributed by atoms with Crippen LogP contribution in [0.5, 0.6) is 11.5 Å². The van der Waals surface area contributed by atoms with Crippen molar-refractivity contribution in [3.05, 3.63) is 107 Å². The van der Waals surface area contributed by atoms with E-state index in [9.17, 15) is 4.79 Å². The first-order valence-electron chi connectivity index (χ1n) is 10.6. The lowest BCUT2D eigenvalue weighted by atomic mass is 10.1. The highest BCUT2D eigenvalue weighted by molar-refractivity contribution is 6.31. The Bertz CT molecular complexity index is 1330. The summed E-state index contributed by atoms with van der Waals surface area (Å²) < 4.78 is 17.2. The van der Waals surface area contributed by atoms with Gasteiger partial charge in [-0.15, -0.1) is 6.58 Å². The largest absolute Gasteiger partial charge is 0.493 e. The molecular formula is C27H23ClN2O4. The molecule has 1 amide bonds. The van der Waals surface area contributed by atoms with E-state index in [4.69, 9.17) is 25.5 Å². The highest BCUT2D eigenvalue weighted by atomic mass is 35.5. The number of carbonyl (C=O) groups excluding carboxylic acids is 1. The summed E-state index contributed by atoms with van der Waals surface area (Å²) in [6.07, 6.45) is 3.87. The number of methoxy groups -OCH3 is 1. The van der Waals surface area contributed by atoms with Gasteiger partial charge in [-0.25, -0.2) is 5.43 Å². The van der Waals surface area contributed by atoms with Gasteiger partial charge in [0.2, 0.25) is 0 Å². The molecule has 1 N–H and O–H groups in total. The fourth-order valence-electron chi connectivity index (χ4n) is 3.46. The van der Waals surface area contributed by atoms with Crippen LogP contribution >= 0.6 is 11.6 Å². The lowest BCUT2D eigenvalue weighted by Gasteiger charge is -2.16. The second-order valence-corrected chi connectivity index (χ2v) is 7.84. The minimum Gasteiger partial charge on any atom is -0.493 e. The first-order chi connectivity index (χ1) is 16.6. The van der Waals surface area contributed by atoms with Crippen LogP contribution in [0.3, 0.4) is 0 Å². The van der Waals surface area contributed by atoms with Crippen molar-refractivity contribution in [2.75, 3.05) is 7.11 Å². The molecule has 0 radical (unpaired) electrons. The number of para-hydroxylation sites is 1. The van der Waals surface area contributed by atoms with Crippen molar-refractivity contribution in [2.45, 2.75) is 13.0 Å². The van der Waals surface area contributed by atoms with Crippen LogP contribution in [0.4, 0.5) is 0 Å². The number of halogens is 1. The number of carbonyl (C=O) groups is 1. The van der Waals surface area contributed by atoms with Crippen LogP contribution in [-0.4, -0.2) is 19.2 Å². The van der Waals surface area contributed by atoms with Gasteiger partial charge < -0.3 is 13.9 Å². The molecule has 1 aromatic heterocycles. The molecule has 0 saturated heterocycles. The van der Waals surface area contributed by atoms with Gasteiger partial charge in [0.15, 0.2) is 17.3 Å². The summed E-state index contributed by atoms with van der Waals surface area (Å²) in [6, 6.07) is 20.3. The summed E-state index contributed by atoms with van der Waals surface area (Å²) in [7, 11) is 1.57. The molecule has 1 heterocycles. The Balaban J connectivity index is 1.51. The molecular weight excluding hydrogens is 452 g/mol. The molecule has 0 aliphatic rings. The fourth-order valence-corrected chi connectivity index (χ4v) is 3.65. The van der Waals surface area contributed by atoms with Gasteiger partial charge in [-0.05, 0) is 42.3 Å². The summed E-state index contributed by atoms with van der Waals surface area (Å²) in [5.41, 5.74) is 5.60. The van der Waals surface area contributed by atoms with E-state index in [-0.39, 0.29) is 5.76 Å². The molecule has 0 atom stereocenters. The molecule has 0 unspecified atom stereocenters. The van der Waals surface area contributed by atoms with E-state index >= 15 is 0 Å². The number of nitrogens with zero attached hydrogens (tertiary/aromatic N) is 1. The van der Waals surface area contributed by atoms with E-state index in [2.05, 4.69) is 17.1 Å². The van der Waals surface area contributed by atoms with Crippen LogP contribution in [0.1, 0.15) is 27.2 Å². The maximum absolute atomic E-state index is 12.4. The molecule has 34 heavy (non-hydrogen) atoms. The lowest BCUT2D eigenvalue weighted by Crippen LogP contribution is -2.16. The van der Waals surface area contributed by atoms with Crippen molar-refractivity contribution in [2.24, 2.45) is 5.10 Å². The van der Waals surface area contributed by atoms with E-state index in [1.807, 2.05) is 48.5 Å². The minimum atomic E-state index is -0.439. The number of fused-ring (bicyclic) bond motifs is 1. The Kier molecular flexibility index (Phi) is 7.30. The van der Waals surface area contributed by atoms with Crippen molar-refractivity contribution in [1.29, 1.82) is 0 Å². The van der Waals surface area contributed by atoms with Gasteiger partial charge in [0.05, 0.1) is 13.3 Å². The summed E-state index contributed by atoms with van der Waals surface area (Å²) in [5.74, 6) is 0.888. The number of ether oxygens (including phenoxy) is 2. The van der Waals surface area contributed by atoms with Crippen LogP contribution in [0.25, 0.3) is 11.0 Å². The quantitative estimate of drug-likeness (QED) is 0.179. The molecule has 0 aliphatic carbocycles. The van der Waals surface area contributed by atoms with Crippen LogP contribution in [0.15, 0.2) is 88.9 Å². The Labute approximate surface area is 202 Å². The van der Waals surface area contributed by atoms with E-state index in [1.165, 1.54) is 6.21 Å². The molecule has 0 fully saturated rings. The molecule has 0 bridgehead atoms. The second-order valence-electron chi connectivity index (χ2n) is 7.43. The number of furan rings is 1. The van der Waals surface area contributed by atoms with E-state index < -0.39 is 5.91 Å². The number of hydrogen-bond donors (Lipinski definition) is 1. The topological polar surface area (TPSA) is 73.1 Å². The van der Waals surface area contributed by atoms with Crippen molar-refractivity contribution in [3.8, 4) is 11.5 Å². The van der Waals surface area contributed by atoms with E-state index in [1.54, 1.807) is 31.4 Å². The summed E-state index contributed by atoms with van der Waals surface area (Å²) in [5, 5.41) is 5.56. The molecule has 4 aromatic rings. The Morgan fingerprint density at radius 1 is 1.12 bits per heavy atom. The predicted octanol–water partition coefficient (Wildman–Crippen LogP) is 6.17. The van der Waals surface area contributed by atoms with Gasteiger partial charge in [-0.1, -0.05) is 54.1 Å². The van der Waals surface area contributed by atoms with Gasteiger partial charge in [0.1, 0.15) is 12.2 Å². The summed E-state index contributed by atoms with van der Waals surface area (Å²) in [4.78, 5) is 12.4. The molecule has 3 aromatic carbocycles. The predicted molar refractivity (Wildman–Crippen MR) is 134 cm³/mol. The number of amides is 1. The van der Waals surface area contributed by atoms with Crippen molar-refractivity contribution >= 4 is 34.7 Å². The third kappa shape index (κ3) is 5.30.